The number of quaternary nitrogens is 1. The molecule has 0 N–H and O–H groups in total. The predicted molar refractivity (Wildman–Crippen MR) is 237 cm³/mol. The average molecular weight is 818 g/mol. The number of nitrogens with zero attached hydrogens (tertiary/aromatic N) is 1. The van der Waals surface area contributed by atoms with Crippen molar-refractivity contribution >= 4 is 17.9 Å². The van der Waals surface area contributed by atoms with Gasteiger partial charge in [0.15, 0.2) is 12.4 Å². The van der Waals surface area contributed by atoms with Crippen LogP contribution in [0.25, 0.3) is 0 Å². The van der Waals surface area contributed by atoms with Crippen molar-refractivity contribution in [1.82, 2.24) is 0 Å². The Hall–Kier alpha value is -2.75. The Kier molecular flexibility index (Phi) is 39.1. The fourth-order valence-electron chi connectivity index (χ4n) is 6.23. The van der Waals surface area contributed by atoms with Crippen LogP contribution in [0.1, 0.15) is 187 Å². The first-order chi connectivity index (χ1) is 28.1. The lowest BCUT2D eigenvalue weighted by Gasteiger charge is -2.26. The number of rotatable bonds is 42. The van der Waals surface area contributed by atoms with Crippen LogP contribution >= 0.6 is 0 Å². The standard InChI is InChI=1S/C49H87NO8/c1-6-8-10-12-14-16-18-20-22-24-26-28-30-32-34-36-38-40-47(52)58-45(44-57-49(48(53)54)55-42-41-50(3,4)5)43-56-46(51)39-37-35-33-31-29-27-25-23-21-19-17-15-13-11-9-7-2/h8,10,14,16,20,22,26,28,45,49H,6-7,9,11-13,15,17-19,21,23-25,27,29-44H2,1-5H3/b10-8-,16-14-,22-20-,28-26-. The fourth-order valence-corrected chi connectivity index (χ4v) is 6.23. The highest BCUT2D eigenvalue weighted by molar-refractivity contribution is 5.70. The summed E-state index contributed by atoms with van der Waals surface area (Å²) in [5.41, 5.74) is 0. The molecular weight excluding hydrogens is 731 g/mol. The highest BCUT2D eigenvalue weighted by atomic mass is 16.7. The van der Waals surface area contributed by atoms with E-state index >= 15 is 0 Å². The highest BCUT2D eigenvalue weighted by Crippen LogP contribution is 2.15. The van der Waals surface area contributed by atoms with E-state index < -0.39 is 24.3 Å². The monoisotopic (exact) mass is 818 g/mol. The zero-order chi connectivity index (χ0) is 42.8. The molecule has 0 aromatic carbocycles. The van der Waals surface area contributed by atoms with Crippen LogP contribution in [0.5, 0.6) is 0 Å². The number of carbonyl (C=O) groups is 3. The average Bonchev–Trinajstić information content (AvgIpc) is 3.18. The number of unbranched alkanes of at least 4 members (excludes halogenated alkanes) is 19. The van der Waals surface area contributed by atoms with Gasteiger partial charge in [-0.15, -0.1) is 0 Å². The molecule has 0 spiro atoms. The zero-order valence-corrected chi connectivity index (χ0v) is 37.9. The molecule has 0 rings (SSSR count). The molecule has 0 aromatic heterocycles. The van der Waals surface area contributed by atoms with E-state index in [4.69, 9.17) is 18.9 Å². The Labute approximate surface area is 355 Å². The first-order valence-corrected chi connectivity index (χ1v) is 23.3. The van der Waals surface area contributed by atoms with E-state index in [0.717, 1.165) is 70.6 Å². The molecule has 9 heteroatoms. The quantitative estimate of drug-likeness (QED) is 0.0197. The van der Waals surface area contributed by atoms with Gasteiger partial charge in [0.2, 0.25) is 0 Å². The molecule has 2 atom stereocenters. The first-order valence-electron chi connectivity index (χ1n) is 23.3. The van der Waals surface area contributed by atoms with Gasteiger partial charge in [0.05, 0.1) is 40.3 Å². The second-order valence-electron chi connectivity index (χ2n) is 16.7. The Bertz CT molecular complexity index is 1090. The molecule has 0 radical (unpaired) electrons. The van der Waals surface area contributed by atoms with Gasteiger partial charge in [0.25, 0.3) is 0 Å². The number of allylic oxidation sites excluding steroid dienone is 8. The largest absolute Gasteiger partial charge is 0.545 e. The van der Waals surface area contributed by atoms with Gasteiger partial charge >= 0.3 is 11.9 Å². The van der Waals surface area contributed by atoms with Crippen LogP contribution in [0.4, 0.5) is 0 Å². The van der Waals surface area contributed by atoms with Crippen molar-refractivity contribution in [3.05, 3.63) is 48.6 Å². The molecule has 0 bridgehead atoms. The molecule has 0 aliphatic rings. The van der Waals surface area contributed by atoms with Crippen molar-refractivity contribution < 1.29 is 42.9 Å². The van der Waals surface area contributed by atoms with E-state index in [2.05, 4.69) is 62.5 Å². The zero-order valence-electron chi connectivity index (χ0n) is 37.9. The van der Waals surface area contributed by atoms with Crippen molar-refractivity contribution in [2.24, 2.45) is 0 Å². The Morgan fingerprint density at radius 2 is 0.983 bits per heavy atom. The number of likely N-dealkylation sites (N-methyl/N-ethyl adjacent to an activating group) is 1. The van der Waals surface area contributed by atoms with Crippen LogP contribution in [0.15, 0.2) is 48.6 Å². The minimum atomic E-state index is -1.63. The third kappa shape index (κ3) is 41.4. The third-order valence-electron chi connectivity index (χ3n) is 9.84. The number of hydrogen-bond acceptors (Lipinski definition) is 8. The van der Waals surface area contributed by atoms with Crippen molar-refractivity contribution in [2.75, 3.05) is 47.5 Å². The van der Waals surface area contributed by atoms with Crippen molar-refractivity contribution in [2.45, 2.75) is 200 Å². The van der Waals surface area contributed by atoms with Gasteiger partial charge in [-0.05, 0) is 51.4 Å². The highest BCUT2D eigenvalue weighted by Gasteiger charge is 2.21. The van der Waals surface area contributed by atoms with Crippen LogP contribution in [-0.2, 0) is 33.3 Å². The third-order valence-corrected chi connectivity index (χ3v) is 9.84. The minimum Gasteiger partial charge on any atom is -0.545 e. The van der Waals surface area contributed by atoms with Crippen LogP contribution in [-0.4, -0.2) is 82.3 Å². The number of carbonyl (C=O) groups excluding carboxylic acids is 3. The lowest BCUT2D eigenvalue weighted by Crippen LogP contribution is -2.44. The number of carboxylic acids is 1. The molecule has 0 amide bonds. The molecule has 0 aliphatic heterocycles. The predicted octanol–water partition coefficient (Wildman–Crippen LogP) is 11.1. The topological polar surface area (TPSA) is 111 Å². The summed E-state index contributed by atoms with van der Waals surface area (Å²) in [7, 11) is 5.90. The second kappa shape index (κ2) is 41.0. The van der Waals surface area contributed by atoms with Crippen LogP contribution in [0, 0.1) is 0 Å². The van der Waals surface area contributed by atoms with E-state index in [0.29, 0.717) is 17.4 Å². The minimum absolute atomic E-state index is 0.142. The molecule has 0 aromatic rings. The van der Waals surface area contributed by atoms with Crippen molar-refractivity contribution in [1.29, 1.82) is 0 Å². The summed E-state index contributed by atoms with van der Waals surface area (Å²) in [6.45, 7) is 4.60. The molecule has 336 valence electrons. The Morgan fingerprint density at radius 3 is 1.47 bits per heavy atom. The van der Waals surface area contributed by atoms with E-state index in [1.165, 1.54) is 83.5 Å². The number of aliphatic carboxylic acids is 1. The van der Waals surface area contributed by atoms with Gasteiger partial charge in [-0.2, -0.15) is 0 Å². The Morgan fingerprint density at radius 1 is 0.534 bits per heavy atom. The molecule has 0 heterocycles. The maximum atomic E-state index is 12.8. The van der Waals surface area contributed by atoms with Gasteiger partial charge in [0, 0.05) is 12.8 Å². The molecule has 9 nitrogen and oxygen atoms in total. The number of hydrogen-bond donors (Lipinski definition) is 0. The van der Waals surface area contributed by atoms with Gasteiger partial charge in [-0.1, -0.05) is 172 Å². The maximum Gasteiger partial charge on any atom is 0.306 e. The SMILES string of the molecule is CC/C=C\C/C=C\C/C=C\C/C=C\CCCCCCC(=O)OC(COC(=O)CCCCCCCCCCCCCCCCCC)COC(OCC[N+](C)(C)C)C(=O)[O-]. The first kappa shape index (κ1) is 55.2. The molecule has 0 saturated carbocycles. The van der Waals surface area contributed by atoms with Gasteiger partial charge < -0.3 is 33.3 Å². The van der Waals surface area contributed by atoms with E-state index in [-0.39, 0.29) is 38.6 Å². The summed E-state index contributed by atoms with van der Waals surface area (Å²) in [5.74, 6) is -2.31. The van der Waals surface area contributed by atoms with E-state index in [1.54, 1.807) is 0 Å². The summed E-state index contributed by atoms with van der Waals surface area (Å²) in [6, 6.07) is 0. The van der Waals surface area contributed by atoms with E-state index in [9.17, 15) is 19.5 Å². The van der Waals surface area contributed by atoms with Gasteiger partial charge in [0.1, 0.15) is 13.2 Å². The molecule has 0 aliphatic carbocycles. The molecule has 58 heavy (non-hydrogen) atoms. The summed E-state index contributed by atoms with van der Waals surface area (Å²) in [4.78, 5) is 37.0. The fraction of sp³-hybridized carbons (Fsp3) is 0.776. The Balaban J connectivity index is 4.45. The molecule has 0 saturated heterocycles. The van der Waals surface area contributed by atoms with Crippen molar-refractivity contribution in [3.63, 3.8) is 0 Å². The summed E-state index contributed by atoms with van der Waals surface area (Å²) in [6.07, 6.45) is 44.2. The lowest BCUT2D eigenvalue weighted by molar-refractivity contribution is -0.870. The number of ether oxygens (including phenoxy) is 4. The number of esters is 2. The van der Waals surface area contributed by atoms with Crippen LogP contribution < -0.4 is 5.11 Å². The van der Waals surface area contributed by atoms with Crippen LogP contribution in [0.2, 0.25) is 0 Å². The number of carboxylic acid groups (broad SMARTS) is 1. The normalized spacial score (nSPS) is 13.3. The smallest absolute Gasteiger partial charge is 0.306 e. The molecular formula is C49H87NO8. The molecule has 0 fully saturated rings. The van der Waals surface area contributed by atoms with Crippen LogP contribution in [0.3, 0.4) is 0 Å². The van der Waals surface area contributed by atoms with Gasteiger partial charge in [-0.25, -0.2) is 0 Å². The second-order valence-corrected chi connectivity index (χ2v) is 16.7. The van der Waals surface area contributed by atoms with Crippen molar-refractivity contribution in [3.8, 4) is 0 Å². The summed E-state index contributed by atoms with van der Waals surface area (Å²) >= 11 is 0. The maximum absolute atomic E-state index is 12.8. The van der Waals surface area contributed by atoms with Gasteiger partial charge in [-0.3, -0.25) is 9.59 Å². The molecule has 2 unspecified atom stereocenters. The summed E-state index contributed by atoms with van der Waals surface area (Å²) < 4.78 is 22.5. The van der Waals surface area contributed by atoms with E-state index in [1.807, 2.05) is 21.1 Å². The lowest BCUT2D eigenvalue weighted by atomic mass is 10.0. The summed E-state index contributed by atoms with van der Waals surface area (Å²) in [5, 5.41) is 11.7.